The average Bonchev–Trinajstić information content (AvgIpc) is 2.64. The number of carbonyl (C=O) groups is 1. The van der Waals surface area contributed by atoms with E-state index in [9.17, 15) is 15.0 Å². The molecule has 7 heteroatoms. The Morgan fingerprint density at radius 3 is 2.92 bits per heavy atom. The van der Waals surface area contributed by atoms with Crippen molar-refractivity contribution in [3.05, 3.63) is 28.8 Å². The third kappa shape index (κ3) is 3.09. The molecule has 1 aromatic carbocycles. The Labute approximate surface area is 157 Å². The Kier molecular flexibility index (Phi) is 4.86. The van der Waals surface area contributed by atoms with E-state index in [0.717, 1.165) is 12.0 Å². The number of nitrogens with zero attached hydrogens (tertiary/aromatic N) is 1. The van der Waals surface area contributed by atoms with Crippen molar-refractivity contribution in [2.24, 2.45) is 11.8 Å². The molecule has 3 fully saturated rings. The van der Waals surface area contributed by atoms with Crippen LogP contribution in [0.1, 0.15) is 18.4 Å². The van der Waals surface area contributed by atoms with E-state index in [-0.39, 0.29) is 41.0 Å². The van der Waals surface area contributed by atoms with Crippen LogP contribution in [0.2, 0.25) is 5.02 Å². The second-order valence-corrected chi connectivity index (χ2v) is 7.97. The number of piperidine rings is 1. The monoisotopic (exact) mass is 381 g/mol. The minimum atomic E-state index is -0.817. The molecule has 0 spiro atoms. The van der Waals surface area contributed by atoms with Crippen molar-refractivity contribution in [2.75, 3.05) is 33.0 Å². The normalized spacial score (nSPS) is 34.1. The number of rotatable bonds is 2. The second-order valence-electron chi connectivity index (χ2n) is 7.56. The molecule has 26 heavy (non-hydrogen) atoms. The van der Waals surface area contributed by atoms with Gasteiger partial charge in [0.25, 0.3) is 0 Å². The van der Waals surface area contributed by atoms with Gasteiger partial charge in [-0.15, -0.1) is 0 Å². The van der Waals surface area contributed by atoms with E-state index in [1.54, 1.807) is 12.1 Å². The molecule has 4 atom stereocenters. The molecule has 2 N–H and O–H groups in total. The lowest BCUT2D eigenvalue weighted by Crippen LogP contribution is -2.69. The Hall–Kier alpha value is -1.34. The highest BCUT2D eigenvalue weighted by atomic mass is 35.5. The van der Waals surface area contributed by atoms with E-state index >= 15 is 0 Å². The van der Waals surface area contributed by atoms with Crippen molar-refractivity contribution in [1.82, 2.24) is 4.90 Å². The molecule has 1 amide bonds. The number of benzene rings is 1. The number of phenolic OH excluding ortho intramolecular Hbond substituents is 1. The summed E-state index contributed by atoms with van der Waals surface area (Å²) in [6, 6.07) is 4.83. The van der Waals surface area contributed by atoms with Crippen LogP contribution in [0, 0.1) is 11.8 Å². The van der Waals surface area contributed by atoms with Crippen molar-refractivity contribution in [3.63, 3.8) is 0 Å². The van der Waals surface area contributed by atoms with Gasteiger partial charge in [0.15, 0.2) is 0 Å². The van der Waals surface area contributed by atoms with Gasteiger partial charge >= 0.3 is 0 Å². The summed E-state index contributed by atoms with van der Waals surface area (Å²) in [7, 11) is 0. The van der Waals surface area contributed by atoms with Crippen LogP contribution < -0.4 is 0 Å². The van der Waals surface area contributed by atoms with Crippen LogP contribution in [-0.2, 0) is 20.7 Å². The number of hydrogen-bond acceptors (Lipinski definition) is 5. The van der Waals surface area contributed by atoms with Crippen LogP contribution >= 0.6 is 11.6 Å². The number of ether oxygens (including phenoxy) is 2. The predicted octanol–water partition coefficient (Wildman–Crippen LogP) is 1.60. The molecule has 1 aromatic rings. The molecule has 3 heterocycles. The van der Waals surface area contributed by atoms with Crippen molar-refractivity contribution < 1.29 is 24.5 Å². The molecule has 4 rings (SSSR count). The summed E-state index contributed by atoms with van der Waals surface area (Å²) in [5.74, 6) is -0.149. The first kappa shape index (κ1) is 18.0. The largest absolute Gasteiger partial charge is 0.506 e. The number of halogens is 1. The van der Waals surface area contributed by atoms with Gasteiger partial charge in [-0.25, -0.2) is 0 Å². The minimum Gasteiger partial charge on any atom is -0.506 e. The maximum Gasteiger partial charge on any atom is 0.227 e. The Bertz CT molecular complexity index is 699. The Balaban J connectivity index is 1.56. The molecule has 3 aliphatic heterocycles. The summed E-state index contributed by atoms with van der Waals surface area (Å²) in [5, 5.41) is 21.1. The number of phenols is 1. The minimum absolute atomic E-state index is 0.00903. The third-order valence-corrected chi connectivity index (χ3v) is 6.44. The van der Waals surface area contributed by atoms with E-state index in [1.165, 1.54) is 6.07 Å². The van der Waals surface area contributed by atoms with E-state index in [0.29, 0.717) is 39.4 Å². The molecule has 0 bridgehead atoms. The summed E-state index contributed by atoms with van der Waals surface area (Å²) in [5.41, 5.74) is -0.0516. The second kappa shape index (κ2) is 7.00. The van der Waals surface area contributed by atoms with Crippen molar-refractivity contribution in [2.45, 2.75) is 30.9 Å². The quantitative estimate of drug-likeness (QED) is 0.813. The summed E-state index contributed by atoms with van der Waals surface area (Å²) >= 11 is 5.96. The zero-order valence-corrected chi connectivity index (χ0v) is 15.3. The number of amides is 1. The van der Waals surface area contributed by atoms with Crippen LogP contribution in [0.3, 0.4) is 0 Å². The first-order valence-electron chi connectivity index (χ1n) is 9.14. The summed E-state index contributed by atoms with van der Waals surface area (Å²) in [6.07, 6.45) is 1.55. The zero-order valence-electron chi connectivity index (χ0n) is 14.6. The lowest BCUT2D eigenvalue weighted by Gasteiger charge is -2.57. The van der Waals surface area contributed by atoms with Gasteiger partial charge in [-0.3, -0.25) is 4.79 Å². The van der Waals surface area contributed by atoms with Gasteiger partial charge in [0.1, 0.15) is 5.75 Å². The molecule has 3 saturated heterocycles. The number of fused-ring (bicyclic) bond motifs is 3. The summed E-state index contributed by atoms with van der Waals surface area (Å²) in [6.45, 7) is 2.60. The van der Waals surface area contributed by atoms with E-state index < -0.39 is 5.60 Å². The molecule has 0 unspecified atom stereocenters. The number of carbonyl (C=O) groups excluding carboxylic acids is 1. The van der Waals surface area contributed by atoms with E-state index in [4.69, 9.17) is 21.1 Å². The predicted molar refractivity (Wildman–Crippen MR) is 95.1 cm³/mol. The highest BCUT2D eigenvalue weighted by Crippen LogP contribution is 2.44. The molecule has 6 nitrogen and oxygen atoms in total. The molecule has 142 valence electrons. The number of aromatic hydroxyl groups is 1. The SMILES string of the molecule is O=C(Cc1ccc(O)c(Cl)c1)N1C[C@@H]2COCC[C@]2(O)[C@H]2COCC[C@H]21. The maximum absolute atomic E-state index is 13.1. The Morgan fingerprint density at radius 2 is 2.12 bits per heavy atom. The fraction of sp³-hybridized carbons (Fsp3) is 0.632. The number of likely N-dealkylation sites (tertiary alicyclic amines) is 1. The lowest BCUT2D eigenvalue weighted by atomic mass is 9.66. The summed E-state index contributed by atoms with van der Waals surface area (Å²) in [4.78, 5) is 15.0. The third-order valence-electron chi connectivity index (χ3n) is 6.14. The zero-order chi connectivity index (χ0) is 18.3. The lowest BCUT2D eigenvalue weighted by molar-refractivity contribution is -0.219. The molecule has 3 aliphatic rings. The van der Waals surface area contributed by atoms with Crippen molar-refractivity contribution >= 4 is 17.5 Å². The molecule has 0 radical (unpaired) electrons. The first-order chi connectivity index (χ1) is 12.5. The smallest absolute Gasteiger partial charge is 0.227 e. The maximum atomic E-state index is 13.1. The fourth-order valence-electron chi connectivity index (χ4n) is 4.68. The van der Waals surface area contributed by atoms with Crippen LogP contribution in [-0.4, -0.2) is 65.6 Å². The summed E-state index contributed by atoms with van der Waals surface area (Å²) < 4.78 is 11.2. The molecular formula is C19H24ClNO5. The van der Waals surface area contributed by atoms with Gasteiger partial charge in [-0.1, -0.05) is 17.7 Å². The van der Waals surface area contributed by atoms with Crippen LogP contribution in [0.5, 0.6) is 5.75 Å². The molecule has 0 aromatic heterocycles. The average molecular weight is 382 g/mol. The van der Waals surface area contributed by atoms with Gasteiger partial charge in [-0.05, 0) is 24.1 Å². The molecule has 0 aliphatic carbocycles. The number of aliphatic hydroxyl groups is 1. The van der Waals surface area contributed by atoms with Gasteiger partial charge in [-0.2, -0.15) is 0 Å². The van der Waals surface area contributed by atoms with E-state index in [2.05, 4.69) is 0 Å². The van der Waals surface area contributed by atoms with Crippen molar-refractivity contribution in [3.8, 4) is 5.75 Å². The van der Waals surface area contributed by atoms with E-state index in [1.807, 2.05) is 4.90 Å². The van der Waals surface area contributed by atoms with Crippen LogP contribution in [0.15, 0.2) is 18.2 Å². The molecule has 0 saturated carbocycles. The van der Waals surface area contributed by atoms with Crippen LogP contribution in [0.25, 0.3) is 0 Å². The van der Waals surface area contributed by atoms with Gasteiger partial charge < -0.3 is 24.6 Å². The topological polar surface area (TPSA) is 79.2 Å². The fourth-order valence-corrected chi connectivity index (χ4v) is 4.89. The Morgan fingerprint density at radius 1 is 1.31 bits per heavy atom. The first-order valence-corrected chi connectivity index (χ1v) is 9.51. The van der Waals surface area contributed by atoms with Gasteiger partial charge in [0.05, 0.1) is 30.3 Å². The standard InChI is InChI=1S/C19H24ClNO5/c20-15-7-12(1-2-17(15)22)8-18(23)21-9-13-10-26-6-4-19(13,24)14-11-25-5-3-16(14)21/h1-2,7,13-14,16,22,24H,3-6,8-11H2/t13-,14+,16-,19-/m1/s1. The van der Waals surface area contributed by atoms with Crippen LogP contribution in [0.4, 0.5) is 0 Å². The van der Waals surface area contributed by atoms with Crippen molar-refractivity contribution in [1.29, 1.82) is 0 Å². The highest BCUT2D eigenvalue weighted by molar-refractivity contribution is 6.32. The number of hydrogen-bond donors (Lipinski definition) is 2. The van der Waals surface area contributed by atoms with Gasteiger partial charge in [0, 0.05) is 44.1 Å². The molecular weight excluding hydrogens is 358 g/mol. The van der Waals surface area contributed by atoms with Gasteiger partial charge in [0.2, 0.25) is 5.91 Å². The highest BCUT2D eigenvalue weighted by Gasteiger charge is 2.56.